The van der Waals surface area contributed by atoms with E-state index in [2.05, 4.69) is 18.8 Å². The number of rotatable bonds is 4. The van der Waals surface area contributed by atoms with Gasteiger partial charge in [0.05, 0.1) is 11.7 Å². The molecule has 0 radical (unpaired) electrons. The van der Waals surface area contributed by atoms with Crippen molar-refractivity contribution in [1.29, 1.82) is 0 Å². The summed E-state index contributed by atoms with van der Waals surface area (Å²) < 4.78 is 6.35. The van der Waals surface area contributed by atoms with E-state index in [1.807, 2.05) is 13.8 Å². The Morgan fingerprint density at radius 1 is 1.26 bits per heavy atom. The third kappa shape index (κ3) is 4.21. The molecule has 0 spiro atoms. The molecule has 0 unspecified atom stereocenters. The summed E-state index contributed by atoms with van der Waals surface area (Å²) >= 11 is 1.46. The number of hydrogen-bond acceptors (Lipinski definition) is 6. The van der Waals surface area contributed by atoms with Crippen molar-refractivity contribution in [1.82, 2.24) is 14.5 Å². The third-order valence-electron chi connectivity index (χ3n) is 5.03. The van der Waals surface area contributed by atoms with Crippen LogP contribution in [0.3, 0.4) is 0 Å². The zero-order valence-corrected chi connectivity index (χ0v) is 17.0. The summed E-state index contributed by atoms with van der Waals surface area (Å²) in [6, 6.07) is 0. The number of aryl methyl sites for hydroxylation is 2. The van der Waals surface area contributed by atoms with E-state index in [4.69, 9.17) is 4.74 Å². The Labute approximate surface area is 161 Å². The van der Waals surface area contributed by atoms with Crippen molar-refractivity contribution < 1.29 is 14.3 Å². The minimum Gasteiger partial charge on any atom is -0.454 e. The van der Waals surface area contributed by atoms with Gasteiger partial charge in [-0.15, -0.1) is 11.3 Å². The van der Waals surface area contributed by atoms with Gasteiger partial charge >= 0.3 is 5.97 Å². The van der Waals surface area contributed by atoms with E-state index in [-0.39, 0.29) is 24.6 Å². The van der Waals surface area contributed by atoms with Crippen molar-refractivity contribution in [2.75, 3.05) is 19.7 Å². The summed E-state index contributed by atoms with van der Waals surface area (Å²) in [5, 5.41) is 0.542. The zero-order valence-electron chi connectivity index (χ0n) is 16.2. The highest BCUT2D eigenvalue weighted by Crippen LogP contribution is 2.25. The lowest BCUT2D eigenvalue weighted by Gasteiger charge is -2.34. The van der Waals surface area contributed by atoms with Crippen LogP contribution < -0.4 is 5.56 Å². The number of amides is 1. The molecule has 2 atom stereocenters. The van der Waals surface area contributed by atoms with Gasteiger partial charge in [0.15, 0.2) is 6.61 Å². The topological polar surface area (TPSA) is 81.5 Å². The van der Waals surface area contributed by atoms with Crippen LogP contribution in [-0.2, 0) is 20.9 Å². The fourth-order valence-corrected chi connectivity index (χ4v) is 4.65. The second-order valence-electron chi connectivity index (χ2n) is 7.55. The third-order valence-corrected chi connectivity index (χ3v) is 6.15. The van der Waals surface area contributed by atoms with Crippen molar-refractivity contribution in [3.63, 3.8) is 0 Å². The van der Waals surface area contributed by atoms with Gasteiger partial charge in [0.1, 0.15) is 11.4 Å². The van der Waals surface area contributed by atoms with E-state index in [1.165, 1.54) is 22.2 Å². The Morgan fingerprint density at radius 2 is 1.93 bits per heavy atom. The Bertz CT molecular complexity index is 923. The van der Waals surface area contributed by atoms with Crippen molar-refractivity contribution in [3.8, 4) is 0 Å². The van der Waals surface area contributed by atoms with Crippen LogP contribution in [0, 0.1) is 25.7 Å². The molecule has 0 bridgehead atoms. The maximum atomic E-state index is 12.6. The first-order valence-corrected chi connectivity index (χ1v) is 9.96. The van der Waals surface area contributed by atoms with Crippen molar-refractivity contribution in [2.24, 2.45) is 11.8 Å². The van der Waals surface area contributed by atoms with Crippen LogP contribution in [-0.4, -0.2) is 46.0 Å². The number of carbonyl (C=O) groups excluding carboxylic acids is 2. The van der Waals surface area contributed by atoms with Crippen LogP contribution in [0.2, 0.25) is 0 Å². The Kier molecular flexibility index (Phi) is 5.64. The molecule has 0 saturated carbocycles. The van der Waals surface area contributed by atoms with E-state index in [0.29, 0.717) is 35.1 Å². The summed E-state index contributed by atoms with van der Waals surface area (Å²) in [4.78, 5) is 44.8. The molecule has 7 nitrogen and oxygen atoms in total. The van der Waals surface area contributed by atoms with E-state index in [0.717, 1.165) is 16.9 Å². The molecule has 2 aromatic heterocycles. The van der Waals surface area contributed by atoms with Crippen molar-refractivity contribution >= 4 is 33.4 Å². The number of thiophene rings is 1. The SMILES string of the molecule is Cc1sc2ncn(CC(=O)OCC(=O)N3C[C@@H](C)C[C@H](C)C3)c(=O)c2c1C. The predicted molar refractivity (Wildman–Crippen MR) is 104 cm³/mol. The van der Waals surface area contributed by atoms with Gasteiger partial charge in [-0.25, -0.2) is 4.98 Å². The smallest absolute Gasteiger partial charge is 0.326 e. The first-order valence-electron chi connectivity index (χ1n) is 9.14. The standard InChI is InChI=1S/C19H25N3O4S/c1-11-5-12(2)7-21(6-11)15(23)9-26-16(24)8-22-10-20-18-17(19(22)25)13(3)14(4)27-18/h10-12H,5-9H2,1-4H3/t11-,12-/m0/s1. The highest BCUT2D eigenvalue weighted by molar-refractivity contribution is 7.18. The van der Waals surface area contributed by atoms with Crippen LogP contribution in [0.5, 0.6) is 0 Å². The lowest BCUT2D eigenvalue weighted by Crippen LogP contribution is -2.44. The van der Waals surface area contributed by atoms with Gasteiger partial charge < -0.3 is 9.64 Å². The van der Waals surface area contributed by atoms with E-state index in [9.17, 15) is 14.4 Å². The molecule has 1 fully saturated rings. The number of fused-ring (bicyclic) bond motifs is 1. The number of piperidine rings is 1. The summed E-state index contributed by atoms with van der Waals surface area (Å²) in [6.07, 6.45) is 2.46. The molecule has 1 amide bonds. The van der Waals surface area contributed by atoms with Gasteiger partial charge in [-0.2, -0.15) is 0 Å². The van der Waals surface area contributed by atoms with Gasteiger partial charge in [-0.05, 0) is 37.7 Å². The van der Waals surface area contributed by atoms with Gasteiger partial charge in [0.25, 0.3) is 11.5 Å². The molecule has 8 heteroatoms. The number of hydrogen-bond donors (Lipinski definition) is 0. The average Bonchev–Trinajstić information content (AvgIpc) is 2.89. The van der Waals surface area contributed by atoms with Crippen LogP contribution in [0.25, 0.3) is 10.2 Å². The van der Waals surface area contributed by atoms with Gasteiger partial charge in [0.2, 0.25) is 0 Å². The lowest BCUT2D eigenvalue weighted by atomic mass is 9.92. The average molecular weight is 391 g/mol. The molecule has 1 saturated heterocycles. The highest BCUT2D eigenvalue weighted by Gasteiger charge is 2.26. The second kappa shape index (κ2) is 7.80. The van der Waals surface area contributed by atoms with Crippen LogP contribution >= 0.6 is 11.3 Å². The van der Waals surface area contributed by atoms with E-state index < -0.39 is 5.97 Å². The fraction of sp³-hybridized carbons (Fsp3) is 0.579. The van der Waals surface area contributed by atoms with Crippen molar-refractivity contribution in [2.45, 2.75) is 40.7 Å². The largest absolute Gasteiger partial charge is 0.454 e. The molecular formula is C19H25N3O4S. The molecule has 3 heterocycles. The molecule has 1 aliphatic heterocycles. The normalized spacial score (nSPS) is 20.1. The first-order chi connectivity index (χ1) is 12.8. The maximum Gasteiger partial charge on any atom is 0.326 e. The summed E-state index contributed by atoms with van der Waals surface area (Å²) in [5.74, 6) is 0.0884. The molecule has 1 aliphatic rings. The molecule has 0 N–H and O–H groups in total. The van der Waals surface area contributed by atoms with Crippen molar-refractivity contribution in [3.05, 3.63) is 27.1 Å². The first kappa shape index (κ1) is 19.5. The van der Waals surface area contributed by atoms with Crippen LogP contribution in [0.15, 0.2) is 11.1 Å². The highest BCUT2D eigenvalue weighted by atomic mass is 32.1. The number of likely N-dealkylation sites (tertiary alicyclic amines) is 1. The quantitative estimate of drug-likeness (QED) is 0.746. The maximum absolute atomic E-state index is 12.6. The van der Waals surface area contributed by atoms with E-state index in [1.54, 1.807) is 4.90 Å². The minimum absolute atomic E-state index is 0.188. The Morgan fingerprint density at radius 3 is 2.59 bits per heavy atom. The molecule has 27 heavy (non-hydrogen) atoms. The molecule has 3 rings (SSSR count). The molecular weight excluding hydrogens is 366 g/mol. The summed E-state index contributed by atoms with van der Waals surface area (Å²) in [6.45, 7) is 8.88. The molecule has 0 aliphatic carbocycles. The number of aromatic nitrogens is 2. The number of carbonyl (C=O) groups is 2. The lowest BCUT2D eigenvalue weighted by molar-refractivity contribution is -0.153. The monoisotopic (exact) mass is 391 g/mol. The predicted octanol–water partition coefficient (Wildman–Crippen LogP) is 2.12. The molecule has 2 aromatic rings. The van der Waals surface area contributed by atoms with Crippen LogP contribution in [0.4, 0.5) is 0 Å². The summed E-state index contributed by atoms with van der Waals surface area (Å²) in [5.41, 5.74) is 0.627. The van der Waals surface area contributed by atoms with Gasteiger partial charge in [0, 0.05) is 18.0 Å². The Balaban J connectivity index is 1.62. The van der Waals surface area contributed by atoms with E-state index >= 15 is 0 Å². The minimum atomic E-state index is -0.616. The summed E-state index contributed by atoms with van der Waals surface area (Å²) in [7, 11) is 0. The van der Waals surface area contributed by atoms with Gasteiger partial charge in [-0.3, -0.25) is 19.0 Å². The Hall–Kier alpha value is -2.22. The number of nitrogens with zero attached hydrogens (tertiary/aromatic N) is 3. The fourth-order valence-electron chi connectivity index (χ4n) is 3.67. The molecule has 0 aromatic carbocycles. The second-order valence-corrected chi connectivity index (χ2v) is 8.75. The number of ether oxygens (including phenoxy) is 1. The van der Waals surface area contributed by atoms with Crippen LogP contribution in [0.1, 0.15) is 30.7 Å². The molecule has 146 valence electrons. The van der Waals surface area contributed by atoms with Gasteiger partial charge in [-0.1, -0.05) is 13.8 Å². The number of esters is 1. The zero-order chi connectivity index (χ0) is 19.7.